The van der Waals surface area contributed by atoms with Gasteiger partial charge >= 0.3 is 5.97 Å². The number of carbonyl (C=O) groups is 1. The summed E-state index contributed by atoms with van der Waals surface area (Å²) in [7, 11) is 0. The second-order valence-corrected chi connectivity index (χ2v) is 5.85. The molecule has 1 fully saturated rings. The van der Waals surface area contributed by atoms with Gasteiger partial charge in [-0.1, -0.05) is 40.0 Å². The third kappa shape index (κ3) is 3.21. The molecule has 0 aromatic carbocycles. The van der Waals surface area contributed by atoms with E-state index in [1.807, 2.05) is 6.92 Å². The van der Waals surface area contributed by atoms with Gasteiger partial charge in [-0.25, -0.2) is 4.79 Å². The summed E-state index contributed by atoms with van der Waals surface area (Å²) in [5.41, 5.74) is -1.50. The summed E-state index contributed by atoms with van der Waals surface area (Å²) in [5.74, 6) is 0.0452. The van der Waals surface area contributed by atoms with Gasteiger partial charge in [0.1, 0.15) is 0 Å². The molecule has 0 spiro atoms. The average Bonchev–Trinajstić information content (AvgIpc) is 2.29. The highest BCUT2D eigenvalue weighted by Gasteiger charge is 2.45. The molecule has 0 aromatic rings. The molecule has 3 heteroatoms. The number of rotatable bonds is 5. The molecule has 100 valence electrons. The third-order valence-electron chi connectivity index (χ3n) is 4.33. The zero-order valence-corrected chi connectivity index (χ0v) is 11.3. The Morgan fingerprint density at radius 2 is 2.06 bits per heavy atom. The SMILES string of the molecule is CCCC(O)(C(=O)O)C1CCCC(C(C)C)C1. The van der Waals surface area contributed by atoms with Crippen LogP contribution in [0.5, 0.6) is 0 Å². The Bertz CT molecular complexity index is 262. The molecule has 17 heavy (non-hydrogen) atoms. The lowest BCUT2D eigenvalue weighted by molar-refractivity contribution is -0.168. The number of hydrogen-bond donors (Lipinski definition) is 2. The van der Waals surface area contributed by atoms with Gasteiger partial charge in [0.25, 0.3) is 0 Å². The minimum atomic E-state index is -1.50. The first-order valence-corrected chi connectivity index (χ1v) is 6.87. The maximum Gasteiger partial charge on any atom is 0.335 e. The van der Waals surface area contributed by atoms with E-state index in [4.69, 9.17) is 0 Å². The first-order valence-electron chi connectivity index (χ1n) is 6.87. The van der Waals surface area contributed by atoms with Crippen molar-refractivity contribution in [3.05, 3.63) is 0 Å². The van der Waals surface area contributed by atoms with Gasteiger partial charge in [0, 0.05) is 0 Å². The molecule has 0 aliphatic heterocycles. The van der Waals surface area contributed by atoms with E-state index in [2.05, 4.69) is 13.8 Å². The van der Waals surface area contributed by atoms with E-state index >= 15 is 0 Å². The van der Waals surface area contributed by atoms with Crippen LogP contribution < -0.4 is 0 Å². The largest absolute Gasteiger partial charge is 0.479 e. The van der Waals surface area contributed by atoms with Gasteiger partial charge in [-0.05, 0) is 37.0 Å². The van der Waals surface area contributed by atoms with Gasteiger partial charge in [0.05, 0.1) is 0 Å². The van der Waals surface area contributed by atoms with Crippen LogP contribution in [0.25, 0.3) is 0 Å². The fraction of sp³-hybridized carbons (Fsp3) is 0.929. The fourth-order valence-corrected chi connectivity index (χ4v) is 3.13. The maximum atomic E-state index is 11.3. The lowest BCUT2D eigenvalue weighted by Crippen LogP contribution is -2.47. The van der Waals surface area contributed by atoms with E-state index in [1.165, 1.54) is 6.42 Å². The molecule has 0 radical (unpaired) electrons. The van der Waals surface area contributed by atoms with Crippen LogP contribution in [0.3, 0.4) is 0 Å². The normalized spacial score (nSPS) is 29.0. The number of carboxylic acids is 1. The Hall–Kier alpha value is -0.570. The molecular formula is C14H26O3. The lowest BCUT2D eigenvalue weighted by Gasteiger charge is -2.39. The molecule has 0 bridgehead atoms. The molecule has 3 atom stereocenters. The molecule has 0 saturated heterocycles. The highest BCUT2D eigenvalue weighted by atomic mass is 16.4. The zero-order chi connectivity index (χ0) is 13.1. The quantitative estimate of drug-likeness (QED) is 0.779. The highest BCUT2D eigenvalue weighted by Crippen LogP contribution is 2.40. The van der Waals surface area contributed by atoms with E-state index in [0.717, 1.165) is 19.3 Å². The predicted molar refractivity (Wildman–Crippen MR) is 67.8 cm³/mol. The van der Waals surface area contributed by atoms with Crippen LogP contribution in [0.4, 0.5) is 0 Å². The standard InChI is InChI=1S/C14H26O3/c1-4-8-14(17,13(15)16)12-7-5-6-11(9-12)10(2)3/h10-12,17H,4-9H2,1-3H3,(H,15,16). The first kappa shape index (κ1) is 14.5. The van der Waals surface area contributed by atoms with E-state index in [-0.39, 0.29) is 5.92 Å². The minimum absolute atomic E-state index is 0.0684. The van der Waals surface area contributed by atoms with Crippen molar-refractivity contribution in [3.8, 4) is 0 Å². The molecular weight excluding hydrogens is 216 g/mol. The summed E-state index contributed by atoms with van der Waals surface area (Å²) in [5, 5.41) is 19.7. The van der Waals surface area contributed by atoms with Crippen molar-refractivity contribution in [2.45, 2.75) is 64.9 Å². The summed E-state index contributed by atoms with van der Waals surface area (Å²) < 4.78 is 0. The van der Waals surface area contributed by atoms with Gasteiger partial charge in [-0.2, -0.15) is 0 Å². The van der Waals surface area contributed by atoms with Crippen molar-refractivity contribution < 1.29 is 15.0 Å². The Morgan fingerprint density at radius 1 is 1.41 bits per heavy atom. The van der Waals surface area contributed by atoms with Crippen LogP contribution in [0.2, 0.25) is 0 Å². The topological polar surface area (TPSA) is 57.5 Å². The van der Waals surface area contributed by atoms with Gasteiger partial charge in [0.2, 0.25) is 0 Å². The van der Waals surface area contributed by atoms with Gasteiger partial charge in [-0.3, -0.25) is 0 Å². The Balaban J connectivity index is 2.77. The molecule has 0 heterocycles. The van der Waals surface area contributed by atoms with Gasteiger partial charge < -0.3 is 10.2 Å². The van der Waals surface area contributed by atoms with E-state index in [0.29, 0.717) is 24.7 Å². The smallest absolute Gasteiger partial charge is 0.335 e. The summed E-state index contributed by atoms with van der Waals surface area (Å²) in [6.45, 7) is 6.30. The van der Waals surface area contributed by atoms with Crippen LogP contribution in [0.15, 0.2) is 0 Å². The van der Waals surface area contributed by atoms with Crippen LogP contribution in [-0.4, -0.2) is 21.8 Å². The van der Waals surface area contributed by atoms with E-state index in [9.17, 15) is 15.0 Å². The Kier molecular flexibility index (Phi) is 4.99. The molecule has 0 amide bonds. The first-order chi connectivity index (χ1) is 7.91. The third-order valence-corrected chi connectivity index (χ3v) is 4.33. The molecule has 0 aromatic heterocycles. The molecule has 1 rings (SSSR count). The van der Waals surface area contributed by atoms with Crippen molar-refractivity contribution in [3.63, 3.8) is 0 Å². The number of aliphatic carboxylic acids is 1. The Labute approximate surface area is 104 Å². The highest BCUT2D eigenvalue weighted by molar-refractivity contribution is 5.77. The molecule has 1 aliphatic carbocycles. The molecule has 3 unspecified atom stereocenters. The summed E-state index contributed by atoms with van der Waals surface area (Å²) in [6.07, 6.45) is 5.03. The summed E-state index contributed by atoms with van der Waals surface area (Å²) >= 11 is 0. The van der Waals surface area contributed by atoms with Gasteiger partial charge in [0.15, 0.2) is 5.60 Å². The second-order valence-electron chi connectivity index (χ2n) is 5.85. The van der Waals surface area contributed by atoms with E-state index < -0.39 is 11.6 Å². The molecule has 2 N–H and O–H groups in total. The number of hydrogen-bond acceptors (Lipinski definition) is 2. The van der Waals surface area contributed by atoms with Crippen LogP contribution in [-0.2, 0) is 4.79 Å². The fourth-order valence-electron chi connectivity index (χ4n) is 3.13. The number of carboxylic acid groups (broad SMARTS) is 1. The zero-order valence-electron chi connectivity index (χ0n) is 11.3. The summed E-state index contributed by atoms with van der Waals surface area (Å²) in [6, 6.07) is 0. The van der Waals surface area contributed by atoms with Crippen molar-refractivity contribution in [2.75, 3.05) is 0 Å². The second kappa shape index (κ2) is 5.85. The van der Waals surface area contributed by atoms with Gasteiger partial charge in [-0.15, -0.1) is 0 Å². The molecule has 3 nitrogen and oxygen atoms in total. The van der Waals surface area contributed by atoms with Crippen molar-refractivity contribution in [1.82, 2.24) is 0 Å². The average molecular weight is 242 g/mol. The summed E-state index contributed by atoms with van der Waals surface area (Å²) in [4.78, 5) is 11.3. The van der Waals surface area contributed by atoms with Crippen LogP contribution in [0.1, 0.15) is 59.3 Å². The lowest BCUT2D eigenvalue weighted by atomic mass is 9.68. The monoisotopic (exact) mass is 242 g/mol. The molecule has 1 saturated carbocycles. The van der Waals surface area contributed by atoms with Crippen LogP contribution >= 0.6 is 0 Å². The number of aliphatic hydroxyl groups is 1. The molecule has 1 aliphatic rings. The minimum Gasteiger partial charge on any atom is -0.479 e. The Morgan fingerprint density at radius 3 is 2.53 bits per heavy atom. The van der Waals surface area contributed by atoms with Crippen molar-refractivity contribution in [2.24, 2.45) is 17.8 Å². The van der Waals surface area contributed by atoms with Crippen LogP contribution in [0, 0.1) is 17.8 Å². The predicted octanol–water partition coefficient (Wildman–Crippen LogP) is 3.06. The van der Waals surface area contributed by atoms with Crippen molar-refractivity contribution in [1.29, 1.82) is 0 Å². The maximum absolute atomic E-state index is 11.3. The van der Waals surface area contributed by atoms with Crippen molar-refractivity contribution >= 4 is 5.97 Å². The van der Waals surface area contributed by atoms with E-state index in [1.54, 1.807) is 0 Å².